The van der Waals surface area contributed by atoms with Crippen molar-refractivity contribution < 1.29 is 44.2 Å². The highest BCUT2D eigenvalue weighted by Crippen LogP contribution is 2.30. The zero-order chi connectivity index (χ0) is 25.7. The van der Waals surface area contributed by atoms with Crippen molar-refractivity contribution in [2.24, 2.45) is 5.92 Å². The van der Waals surface area contributed by atoms with Gasteiger partial charge in [-0.05, 0) is 26.0 Å². The van der Waals surface area contributed by atoms with E-state index < -0.39 is 37.3 Å². The lowest BCUT2D eigenvalue weighted by Crippen LogP contribution is -2.60. The quantitative estimate of drug-likeness (QED) is 0.335. The Hall–Kier alpha value is -2.77. The molecule has 1 aromatic carbocycles. The number of aromatic nitrogens is 3. The Bertz CT molecular complexity index is 979. The van der Waals surface area contributed by atoms with Gasteiger partial charge < -0.3 is 39.4 Å². The molecule has 12 heteroatoms. The number of benzene rings is 1. The Morgan fingerprint density at radius 1 is 1.11 bits per heavy atom. The Morgan fingerprint density at radius 3 is 2.49 bits per heavy atom. The van der Waals surface area contributed by atoms with Gasteiger partial charge in [-0.2, -0.15) is 0 Å². The zero-order valence-electron chi connectivity index (χ0n) is 20.1. The van der Waals surface area contributed by atoms with E-state index in [0.717, 1.165) is 0 Å². The second kappa shape index (κ2) is 11.8. The largest absolute Gasteiger partial charge is 0.487 e. The summed E-state index contributed by atoms with van der Waals surface area (Å²) < 4.78 is 24.0. The lowest BCUT2D eigenvalue weighted by atomic mass is 9.99. The second-order valence-corrected chi connectivity index (χ2v) is 8.92. The van der Waals surface area contributed by atoms with Gasteiger partial charge in [-0.1, -0.05) is 19.1 Å². The van der Waals surface area contributed by atoms with Crippen molar-refractivity contribution in [3.63, 3.8) is 0 Å². The molecule has 1 fully saturated rings. The van der Waals surface area contributed by atoms with Gasteiger partial charge in [-0.15, -0.1) is 5.10 Å². The van der Waals surface area contributed by atoms with E-state index in [-0.39, 0.29) is 36.9 Å². The molecule has 0 amide bonds. The van der Waals surface area contributed by atoms with Gasteiger partial charge in [0.1, 0.15) is 54.8 Å². The lowest BCUT2D eigenvalue weighted by Gasteiger charge is -2.39. The van der Waals surface area contributed by atoms with Gasteiger partial charge in [0.25, 0.3) is 0 Å². The van der Waals surface area contributed by atoms with Crippen LogP contribution in [-0.4, -0.2) is 78.7 Å². The molecule has 0 aliphatic carbocycles. The van der Waals surface area contributed by atoms with Crippen LogP contribution in [0.3, 0.4) is 0 Å². The Labute approximate surface area is 203 Å². The smallest absolute Gasteiger partial charge is 0.308 e. The summed E-state index contributed by atoms with van der Waals surface area (Å²) in [6, 6.07) is 4.85. The molecule has 0 radical (unpaired) electrons. The predicted molar refractivity (Wildman–Crippen MR) is 120 cm³/mol. The third kappa shape index (κ3) is 6.67. The number of hydrogen-bond acceptors (Lipinski definition) is 11. The van der Waals surface area contributed by atoms with Crippen LogP contribution in [0.2, 0.25) is 0 Å². The first kappa shape index (κ1) is 26.8. The van der Waals surface area contributed by atoms with E-state index in [0.29, 0.717) is 17.0 Å². The van der Waals surface area contributed by atoms with Crippen LogP contribution in [0.5, 0.6) is 11.5 Å². The highest BCUT2D eigenvalue weighted by Gasteiger charge is 2.44. The molecular weight excluding hydrogens is 462 g/mol. The van der Waals surface area contributed by atoms with Crippen LogP contribution < -0.4 is 9.47 Å². The molecule has 4 N–H and O–H groups in total. The van der Waals surface area contributed by atoms with Gasteiger partial charge in [0, 0.05) is 17.7 Å². The maximum absolute atomic E-state index is 11.9. The van der Waals surface area contributed by atoms with Gasteiger partial charge in [0.15, 0.2) is 0 Å². The van der Waals surface area contributed by atoms with Crippen LogP contribution >= 0.6 is 0 Å². The molecule has 1 saturated heterocycles. The molecule has 35 heavy (non-hydrogen) atoms. The standard InChI is InChI=1S/C23H33N3O9/c1-12(2)22(31)33-10-14-5-6-16(34-23-21(30)20(29)19(28)18(9-27)35-23)7-17(14)32-11-15-8-26(13(3)4)25-24-15/h5-8,12-13,18-21,23,27-30H,9-11H2,1-4H3/t18-,19-,20+,21-,23-/m1/s1. The zero-order valence-corrected chi connectivity index (χ0v) is 20.1. The first-order valence-electron chi connectivity index (χ1n) is 11.4. The van der Waals surface area contributed by atoms with Gasteiger partial charge in [-0.25, -0.2) is 4.68 Å². The number of carbonyl (C=O) groups excluding carboxylic acids is 1. The number of carbonyl (C=O) groups is 1. The molecule has 3 rings (SSSR count). The normalized spacial score (nSPS) is 24.6. The maximum atomic E-state index is 11.9. The number of hydrogen-bond donors (Lipinski definition) is 4. The molecule has 1 aliphatic rings. The van der Waals surface area contributed by atoms with Crippen molar-refractivity contribution >= 4 is 5.97 Å². The van der Waals surface area contributed by atoms with Crippen LogP contribution in [0.4, 0.5) is 0 Å². The minimum Gasteiger partial charge on any atom is -0.487 e. The highest BCUT2D eigenvalue weighted by molar-refractivity contribution is 5.71. The van der Waals surface area contributed by atoms with Crippen LogP contribution in [0, 0.1) is 5.92 Å². The molecule has 2 aromatic rings. The monoisotopic (exact) mass is 495 g/mol. The van der Waals surface area contributed by atoms with Crippen LogP contribution in [0.1, 0.15) is 45.0 Å². The van der Waals surface area contributed by atoms with Crippen molar-refractivity contribution in [2.75, 3.05) is 6.61 Å². The number of nitrogens with zero attached hydrogens (tertiary/aromatic N) is 3. The molecule has 12 nitrogen and oxygen atoms in total. The Balaban J connectivity index is 1.78. The maximum Gasteiger partial charge on any atom is 0.308 e. The summed E-state index contributed by atoms with van der Waals surface area (Å²) in [5.41, 5.74) is 1.15. The summed E-state index contributed by atoms with van der Waals surface area (Å²) in [5, 5.41) is 47.7. The average Bonchev–Trinajstić information content (AvgIpc) is 3.31. The Morgan fingerprint density at radius 2 is 1.86 bits per heavy atom. The summed E-state index contributed by atoms with van der Waals surface area (Å²) in [5.74, 6) is -0.103. The fraction of sp³-hybridized carbons (Fsp3) is 0.609. The van der Waals surface area contributed by atoms with E-state index in [2.05, 4.69) is 10.3 Å². The first-order valence-corrected chi connectivity index (χ1v) is 11.4. The number of rotatable bonds is 10. The molecule has 194 valence electrons. The van der Waals surface area contributed by atoms with Crippen molar-refractivity contribution in [3.05, 3.63) is 35.7 Å². The Kier molecular flexibility index (Phi) is 9.03. The van der Waals surface area contributed by atoms with Gasteiger partial charge in [0.05, 0.1) is 18.7 Å². The third-order valence-corrected chi connectivity index (χ3v) is 5.44. The van der Waals surface area contributed by atoms with Crippen LogP contribution in [0.15, 0.2) is 24.4 Å². The second-order valence-electron chi connectivity index (χ2n) is 8.92. The summed E-state index contributed by atoms with van der Waals surface area (Å²) in [6.07, 6.45) is -5.32. The minimum atomic E-state index is -1.57. The van der Waals surface area contributed by atoms with Gasteiger partial charge >= 0.3 is 5.97 Å². The summed E-state index contributed by atoms with van der Waals surface area (Å²) in [4.78, 5) is 11.9. The number of aliphatic hydroxyl groups excluding tert-OH is 4. The molecule has 1 aliphatic heterocycles. The SMILES string of the molecule is CC(C)C(=O)OCc1ccc(O[C@@H]2O[C@H](CO)[C@@H](O)[C@H](O)[C@H]2O)cc1OCc1cn(C(C)C)nn1. The van der Waals surface area contributed by atoms with Crippen molar-refractivity contribution in [3.8, 4) is 11.5 Å². The average molecular weight is 496 g/mol. The minimum absolute atomic E-state index is 0.0364. The summed E-state index contributed by atoms with van der Waals surface area (Å²) in [7, 11) is 0. The molecule has 1 aromatic heterocycles. The molecule has 0 saturated carbocycles. The van der Waals surface area contributed by atoms with Gasteiger partial charge in [0.2, 0.25) is 6.29 Å². The molecule has 0 bridgehead atoms. The number of ether oxygens (including phenoxy) is 4. The van der Waals surface area contributed by atoms with Crippen LogP contribution in [-0.2, 0) is 27.5 Å². The van der Waals surface area contributed by atoms with E-state index >= 15 is 0 Å². The van der Waals surface area contributed by atoms with Crippen molar-refractivity contribution in [1.29, 1.82) is 0 Å². The fourth-order valence-corrected chi connectivity index (χ4v) is 3.26. The van der Waals surface area contributed by atoms with E-state index in [4.69, 9.17) is 18.9 Å². The molecule has 2 heterocycles. The molecule has 0 unspecified atom stereocenters. The summed E-state index contributed by atoms with van der Waals surface area (Å²) >= 11 is 0. The lowest BCUT2D eigenvalue weighted by molar-refractivity contribution is -0.277. The molecule has 0 spiro atoms. The number of esters is 1. The topological polar surface area (TPSA) is 166 Å². The predicted octanol–water partition coefficient (Wildman–Crippen LogP) is 0.316. The third-order valence-electron chi connectivity index (χ3n) is 5.44. The van der Waals surface area contributed by atoms with E-state index in [9.17, 15) is 25.2 Å². The van der Waals surface area contributed by atoms with Crippen LogP contribution in [0.25, 0.3) is 0 Å². The van der Waals surface area contributed by atoms with Gasteiger partial charge in [-0.3, -0.25) is 4.79 Å². The van der Waals surface area contributed by atoms with E-state index in [1.807, 2.05) is 13.8 Å². The molecule has 5 atom stereocenters. The number of aliphatic hydroxyl groups is 4. The van der Waals surface area contributed by atoms with Crippen molar-refractivity contribution in [1.82, 2.24) is 15.0 Å². The fourth-order valence-electron chi connectivity index (χ4n) is 3.26. The van der Waals surface area contributed by atoms with Crippen molar-refractivity contribution in [2.45, 2.75) is 77.7 Å². The highest BCUT2D eigenvalue weighted by atomic mass is 16.7. The summed E-state index contributed by atoms with van der Waals surface area (Å²) in [6.45, 7) is 6.88. The molecular formula is C23H33N3O9. The van der Waals surface area contributed by atoms with E-state index in [1.165, 1.54) is 6.07 Å². The van der Waals surface area contributed by atoms with E-state index in [1.54, 1.807) is 36.9 Å². The first-order chi connectivity index (χ1) is 16.6.